The van der Waals surface area contributed by atoms with Crippen molar-refractivity contribution in [1.29, 1.82) is 0 Å². The molecule has 116 valence electrons. The molecule has 4 rings (SSSR count). The molecule has 3 aromatic rings. The van der Waals surface area contributed by atoms with Crippen molar-refractivity contribution in [3.63, 3.8) is 0 Å². The number of para-hydroxylation sites is 1. The molecule has 0 aliphatic carbocycles. The minimum absolute atomic E-state index is 0.0885. The van der Waals surface area contributed by atoms with Crippen LogP contribution in [0.2, 0.25) is 0 Å². The van der Waals surface area contributed by atoms with Gasteiger partial charge in [0.15, 0.2) is 0 Å². The molecule has 1 aromatic heterocycles. The summed E-state index contributed by atoms with van der Waals surface area (Å²) in [5.41, 5.74) is 4.26. The number of hydrogen-bond donors (Lipinski definition) is 1. The van der Waals surface area contributed by atoms with E-state index in [1.807, 2.05) is 36.4 Å². The lowest BCUT2D eigenvalue weighted by molar-refractivity contribution is 0.242. The topological polar surface area (TPSA) is 41.0 Å². The first kappa shape index (κ1) is 14.0. The quantitative estimate of drug-likeness (QED) is 0.808. The fourth-order valence-electron chi connectivity index (χ4n) is 3.21. The van der Waals surface area contributed by atoms with Crippen molar-refractivity contribution in [2.75, 3.05) is 6.54 Å². The molecule has 1 aliphatic rings. The highest BCUT2D eigenvalue weighted by Gasteiger charge is 2.22. The molecule has 0 radical (unpaired) electrons. The molecular formula is C19H19N3O. The molecular weight excluding hydrogens is 286 g/mol. The van der Waals surface area contributed by atoms with Crippen molar-refractivity contribution >= 4 is 0 Å². The van der Waals surface area contributed by atoms with E-state index < -0.39 is 0 Å². The van der Waals surface area contributed by atoms with Gasteiger partial charge in [-0.2, -0.15) is 0 Å². The molecule has 0 saturated carbocycles. The molecule has 2 aromatic carbocycles. The van der Waals surface area contributed by atoms with Crippen molar-refractivity contribution in [2.24, 2.45) is 0 Å². The molecule has 4 nitrogen and oxygen atoms in total. The predicted molar refractivity (Wildman–Crippen MR) is 90.6 cm³/mol. The summed E-state index contributed by atoms with van der Waals surface area (Å²) in [6.45, 7) is 2.63. The number of aromatic nitrogens is 2. The van der Waals surface area contributed by atoms with Gasteiger partial charge >= 0.3 is 0 Å². The van der Waals surface area contributed by atoms with Gasteiger partial charge in [-0.15, -0.1) is 0 Å². The Labute approximate surface area is 135 Å². The summed E-state index contributed by atoms with van der Waals surface area (Å²) in [5, 5.41) is 3.30. The standard InChI is InChI=1S/C19H19N3O/c23-19-17-11-12-21(13-15-7-3-1-4-8-15)14-18(17)20-22(19)16-9-5-2-6-10-16/h1-10,20H,11-14H2. The number of hydrogen-bond acceptors (Lipinski definition) is 2. The van der Waals surface area contributed by atoms with Gasteiger partial charge in [0.05, 0.1) is 11.4 Å². The van der Waals surface area contributed by atoms with Crippen LogP contribution in [0.1, 0.15) is 16.8 Å². The molecule has 0 spiro atoms. The van der Waals surface area contributed by atoms with Crippen molar-refractivity contribution in [3.05, 3.63) is 87.8 Å². The molecule has 0 unspecified atom stereocenters. The lowest BCUT2D eigenvalue weighted by Crippen LogP contribution is -2.31. The monoisotopic (exact) mass is 305 g/mol. The van der Waals surface area contributed by atoms with E-state index in [0.717, 1.165) is 43.0 Å². The normalized spacial score (nSPS) is 14.6. The maximum absolute atomic E-state index is 12.6. The minimum Gasteiger partial charge on any atom is -0.293 e. The van der Waals surface area contributed by atoms with Gasteiger partial charge in [0.2, 0.25) is 0 Å². The van der Waals surface area contributed by atoms with E-state index in [9.17, 15) is 4.79 Å². The van der Waals surface area contributed by atoms with Gasteiger partial charge in [0.25, 0.3) is 5.56 Å². The number of H-pyrrole nitrogens is 1. The Kier molecular flexibility index (Phi) is 3.60. The Hall–Kier alpha value is -2.59. The first-order valence-electron chi connectivity index (χ1n) is 7.96. The van der Waals surface area contributed by atoms with Crippen LogP contribution >= 0.6 is 0 Å². The third-order valence-corrected chi connectivity index (χ3v) is 4.40. The third-order valence-electron chi connectivity index (χ3n) is 4.40. The summed E-state index contributed by atoms with van der Waals surface area (Å²) >= 11 is 0. The Morgan fingerprint density at radius 2 is 1.65 bits per heavy atom. The maximum atomic E-state index is 12.6. The minimum atomic E-state index is 0.0885. The number of nitrogens with one attached hydrogen (secondary N) is 1. The zero-order valence-electron chi connectivity index (χ0n) is 12.9. The molecule has 0 atom stereocenters. The smallest absolute Gasteiger partial charge is 0.274 e. The van der Waals surface area contributed by atoms with Crippen LogP contribution in [-0.2, 0) is 19.5 Å². The number of aromatic amines is 1. The van der Waals surface area contributed by atoms with Crippen LogP contribution in [0.3, 0.4) is 0 Å². The molecule has 4 heteroatoms. The predicted octanol–water partition coefficient (Wildman–Crippen LogP) is 2.72. The highest BCUT2D eigenvalue weighted by atomic mass is 16.1. The van der Waals surface area contributed by atoms with Crippen molar-refractivity contribution in [3.8, 4) is 5.69 Å². The summed E-state index contributed by atoms with van der Waals surface area (Å²) in [6, 6.07) is 20.2. The van der Waals surface area contributed by atoms with E-state index in [-0.39, 0.29) is 5.56 Å². The Morgan fingerprint density at radius 1 is 0.957 bits per heavy atom. The average molecular weight is 305 g/mol. The first-order valence-corrected chi connectivity index (χ1v) is 7.96. The van der Waals surface area contributed by atoms with E-state index in [1.165, 1.54) is 5.56 Å². The third kappa shape index (κ3) is 2.73. The first-order chi connectivity index (χ1) is 11.3. The highest BCUT2D eigenvalue weighted by Crippen LogP contribution is 2.18. The molecule has 0 saturated heterocycles. The number of benzene rings is 2. The van der Waals surface area contributed by atoms with E-state index in [4.69, 9.17) is 0 Å². The Morgan fingerprint density at radius 3 is 2.39 bits per heavy atom. The van der Waals surface area contributed by atoms with Crippen LogP contribution in [0.4, 0.5) is 0 Å². The van der Waals surface area contributed by atoms with Gasteiger partial charge in [-0.05, 0) is 24.1 Å². The summed E-state index contributed by atoms with van der Waals surface area (Å²) in [5.74, 6) is 0. The fourth-order valence-corrected chi connectivity index (χ4v) is 3.21. The zero-order chi connectivity index (χ0) is 15.6. The molecule has 1 aliphatic heterocycles. The lowest BCUT2D eigenvalue weighted by atomic mass is 10.1. The molecule has 0 bridgehead atoms. The second-order valence-electron chi connectivity index (χ2n) is 5.99. The summed E-state index contributed by atoms with van der Waals surface area (Å²) in [7, 11) is 0. The van der Waals surface area contributed by atoms with Gasteiger partial charge < -0.3 is 0 Å². The van der Waals surface area contributed by atoms with Crippen LogP contribution in [0.5, 0.6) is 0 Å². The molecule has 0 fully saturated rings. The SMILES string of the molecule is O=c1c2c([nH]n1-c1ccccc1)CN(Cc1ccccc1)CC2. The van der Waals surface area contributed by atoms with Crippen LogP contribution in [0, 0.1) is 0 Å². The van der Waals surface area contributed by atoms with Gasteiger partial charge in [0.1, 0.15) is 0 Å². The van der Waals surface area contributed by atoms with Crippen LogP contribution in [0.25, 0.3) is 5.69 Å². The number of fused-ring (bicyclic) bond motifs is 1. The Balaban J connectivity index is 1.60. The average Bonchev–Trinajstić information content (AvgIpc) is 2.93. The van der Waals surface area contributed by atoms with Crippen LogP contribution < -0.4 is 5.56 Å². The van der Waals surface area contributed by atoms with Gasteiger partial charge in [0, 0.05) is 25.2 Å². The van der Waals surface area contributed by atoms with Gasteiger partial charge in [-0.1, -0.05) is 48.5 Å². The van der Waals surface area contributed by atoms with E-state index in [2.05, 4.69) is 34.3 Å². The Bertz CT molecular complexity index is 849. The molecule has 0 amide bonds. The second kappa shape index (κ2) is 5.89. The number of rotatable bonds is 3. The van der Waals surface area contributed by atoms with Gasteiger partial charge in [-0.25, -0.2) is 4.68 Å². The zero-order valence-corrected chi connectivity index (χ0v) is 12.9. The summed E-state index contributed by atoms with van der Waals surface area (Å²) in [4.78, 5) is 15.0. The highest BCUT2D eigenvalue weighted by molar-refractivity contribution is 5.33. The van der Waals surface area contributed by atoms with Crippen LogP contribution in [-0.4, -0.2) is 21.2 Å². The summed E-state index contributed by atoms with van der Waals surface area (Å²) < 4.78 is 1.66. The second-order valence-corrected chi connectivity index (χ2v) is 5.99. The van der Waals surface area contributed by atoms with Crippen molar-refractivity contribution < 1.29 is 0 Å². The van der Waals surface area contributed by atoms with Crippen molar-refractivity contribution in [2.45, 2.75) is 19.5 Å². The fraction of sp³-hybridized carbons (Fsp3) is 0.211. The van der Waals surface area contributed by atoms with Crippen molar-refractivity contribution in [1.82, 2.24) is 14.7 Å². The molecule has 23 heavy (non-hydrogen) atoms. The van der Waals surface area contributed by atoms with Gasteiger partial charge in [-0.3, -0.25) is 14.8 Å². The molecule has 2 heterocycles. The number of nitrogens with zero attached hydrogens (tertiary/aromatic N) is 2. The largest absolute Gasteiger partial charge is 0.293 e. The maximum Gasteiger partial charge on any atom is 0.274 e. The van der Waals surface area contributed by atoms with E-state index >= 15 is 0 Å². The molecule has 1 N–H and O–H groups in total. The lowest BCUT2D eigenvalue weighted by Gasteiger charge is -2.25. The van der Waals surface area contributed by atoms with Crippen LogP contribution in [0.15, 0.2) is 65.5 Å². The van der Waals surface area contributed by atoms with E-state index in [0.29, 0.717) is 0 Å². The van der Waals surface area contributed by atoms with E-state index in [1.54, 1.807) is 4.68 Å². The summed E-state index contributed by atoms with van der Waals surface area (Å²) in [6.07, 6.45) is 0.803.